The van der Waals surface area contributed by atoms with E-state index in [1.807, 2.05) is 0 Å². The molecule has 8 nitrogen and oxygen atoms in total. The first-order valence-electron chi connectivity index (χ1n) is 7.95. The average Bonchev–Trinajstić information content (AvgIpc) is 2.97. The lowest BCUT2D eigenvalue weighted by Crippen LogP contribution is -2.43. The van der Waals surface area contributed by atoms with Gasteiger partial charge in [-0.1, -0.05) is 20.8 Å². The van der Waals surface area contributed by atoms with E-state index < -0.39 is 10.0 Å². The van der Waals surface area contributed by atoms with Gasteiger partial charge in [0.1, 0.15) is 6.10 Å². The van der Waals surface area contributed by atoms with E-state index in [1.54, 1.807) is 6.92 Å². The van der Waals surface area contributed by atoms with Crippen molar-refractivity contribution in [3.05, 3.63) is 11.6 Å². The molecule has 1 fully saturated rings. The number of sulfonamides is 1. The number of aromatic nitrogens is 3. The number of nitrogens with zero attached hydrogens (tertiary/aromatic N) is 3. The Morgan fingerprint density at radius 2 is 2.17 bits per heavy atom. The molecule has 1 saturated heterocycles. The van der Waals surface area contributed by atoms with Crippen molar-refractivity contribution < 1.29 is 13.2 Å². The second kappa shape index (κ2) is 7.25. The molecule has 1 aliphatic heterocycles. The summed E-state index contributed by atoms with van der Waals surface area (Å²) in [4.78, 5) is 6.71. The van der Waals surface area contributed by atoms with Crippen LogP contribution in [0.1, 0.15) is 45.4 Å². The predicted molar refractivity (Wildman–Crippen MR) is 87.7 cm³/mol. The van der Waals surface area contributed by atoms with E-state index >= 15 is 0 Å². The molecule has 2 heterocycles. The molecule has 2 rings (SSSR count). The summed E-state index contributed by atoms with van der Waals surface area (Å²) in [6, 6.07) is 0. The molecule has 1 atom stereocenters. The molecule has 1 aromatic heterocycles. The highest BCUT2D eigenvalue weighted by atomic mass is 32.2. The number of ether oxygens (including phenoxy) is 1. The van der Waals surface area contributed by atoms with Crippen molar-refractivity contribution >= 4 is 10.0 Å². The van der Waals surface area contributed by atoms with E-state index in [1.165, 1.54) is 0 Å². The van der Waals surface area contributed by atoms with Crippen molar-refractivity contribution in [2.24, 2.45) is 0 Å². The molecular formula is C14H27N5O3S. The summed E-state index contributed by atoms with van der Waals surface area (Å²) in [5, 5.41) is 7.23. The quantitative estimate of drug-likeness (QED) is 0.775. The summed E-state index contributed by atoms with van der Waals surface area (Å²) < 4.78 is 31.3. The maximum Gasteiger partial charge on any atom is 0.211 e. The second-order valence-corrected chi connectivity index (χ2v) is 8.85. The minimum Gasteiger partial charge on any atom is -0.368 e. The Labute approximate surface area is 138 Å². The summed E-state index contributed by atoms with van der Waals surface area (Å²) in [6.07, 6.45) is -0.157. The molecule has 1 aromatic rings. The van der Waals surface area contributed by atoms with Crippen molar-refractivity contribution in [3.63, 3.8) is 0 Å². The van der Waals surface area contributed by atoms with Crippen LogP contribution in [0.4, 0.5) is 0 Å². The SMILES string of the molecule is CCS(=O)(=O)NCCN1CCO[C@@H](c2nc(C(C)(C)C)n[nH]2)C1. The highest BCUT2D eigenvalue weighted by Gasteiger charge is 2.27. The largest absolute Gasteiger partial charge is 0.368 e. The smallest absolute Gasteiger partial charge is 0.211 e. The molecule has 0 spiro atoms. The Balaban J connectivity index is 1.89. The zero-order valence-corrected chi connectivity index (χ0v) is 15.1. The van der Waals surface area contributed by atoms with Gasteiger partial charge in [-0.3, -0.25) is 10.00 Å². The third-order valence-electron chi connectivity index (χ3n) is 3.76. The fourth-order valence-corrected chi connectivity index (χ4v) is 2.89. The van der Waals surface area contributed by atoms with E-state index in [-0.39, 0.29) is 17.3 Å². The van der Waals surface area contributed by atoms with Crippen LogP contribution >= 0.6 is 0 Å². The Morgan fingerprint density at radius 3 is 2.78 bits per heavy atom. The standard InChI is InChI=1S/C14H27N5O3S/c1-5-23(20,21)15-6-7-19-8-9-22-11(10-19)12-16-13(18-17-12)14(2,3)4/h11,15H,5-10H2,1-4H3,(H,16,17,18)/t11-/m1/s1. The summed E-state index contributed by atoms with van der Waals surface area (Å²) in [6.45, 7) is 10.9. The van der Waals surface area contributed by atoms with E-state index in [2.05, 4.69) is 45.6 Å². The van der Waals surface area contributed by atoms with Gasteiger partial charge in [0, 0.05) is 31.6 Å². The zero-order chi connectivity index (χ0) is 17.1. The van der Waals surface area contributed by atoms with E-state index in [4.69, 9.17) is 4.74 Å². The minimum absolute atomic E-state index is 0.104. The average molecular weight is 345 g/mol. The van der Waals surface area contributed by atoms with Crippen molar-refractivity contribution in [2.45, 2.75) is 39.2 Å². The molecule has 1 aliphatic rings. The fourth-order valence-electron chi connectivity index (χ4n) is 2.29. The molecule has 0 aliphatic carbocycles. The third-order valence-corrected chi connectivity index (χ3v) is 5.16. The molecule has 0 aromatic carbocycles. The molecule has 0 bridgehead atoms. The van der Waals surface area contributed by atoms with E-state index in [0.29, 0.717) is 26.2 Å². The van der Waals surface area contributed by atoms with Gasteiger partial charge in [-0.25, -0.2) is 18.1 Å². The van der Waals surface area contributed by atoms with Crippen LogP contribution in [0.25, 0.3) is 0 Å². The Bertz CT molecular complexity index is 608. The first-order valence-corrected chi connectivity index (χ1v) is 9.60. The third kappa shape index (κ3) is 5.23. The number of aromatic amines is 1. The number of morpholine rings is 1. The number of hydrogen-bond acceptors (Lipinski definition) is 6. The fraction of sp³-hybridized carbons (Fsp3) is 0.857. The number of hydrogen-bond donors (Lipinski definition) is 2. The normalized spacial score (nSPS) is 20.8. The van der Waals surface area contributed by atoms with Crippen LogP contribution < -0.4 is 4.72 Å². The van der Waals surface area contributed by atoms with Crippen molar-refractivity contribution in [3.8, 4) is 0 Å². The summed E-state index contributed by atoms with van der Waals surface area (Å²) in [7, 11) is -3.14. The topological polar surface area (TPSA) is 100 Å². The van der Waals surface area contributed by atoms with Crippen molar-refractivity contribution in [1.29, 1.82) is 0 Å². The molecule has 132 valence electrons. The van der Waals surface area contributed by atoms with Gasteiger partial charge < -0.3 is 4.74 Å². The van der Waals surface area contributed by atoms with Gasteiger partial charge in [-0.15, -0.1) is 0 Å². The van der Waals surface area contributed by atoms with E-state index in [9.17, 15) is 8.42 Å². The first kappa shape index (κ1) is 18.3. The molecule has 9 heteroatoms. The molecule has 0 amide bonds. The zero-order valence-electron chi connectivity index (χ0n) is 14.3. The van der Waals surface area contributed by atoms with Crippen LogP contribution in [0.2, 0.25) is 0 Å². The van der Waals surface area contributed by atoms with Gasteiger partial charge in [-0.2, -0.15) is 5.10 Å². The van der Waals surface area contributed by atoms with Gasteiger partial charge in [0.15, 0.2) is 11.6 Å². The highest BCUT2D eigenvalue weighted by molar-refractivity contribution is 7.89. The summed E-state index contributed by atoms with van der Waals surface area (Å²) in [5.41, 5.74) is -0.110. The number of nitrogens with one attached hydrogen (secondary N) is 2. The Morgan fingerprint density at radius 1 is 1.43 bits per heavy atom. The predicted octanol–water partition coefficient (Wildman–Crippen LogP) is 0.415. The van der Waals surface area contributed by atoms with Crippen LogP contribution in [0.3, 0.4) is 0 Å². The Kier molecular flexibility index (Phi) is 5.77. The summed E-state index contributed by atoms with van der Waals surface area (Å²) >= 11 is 0. The molecule has 23 heavy (non-hydrogen) atoms. The summed E-state index contributed by atoms with van der Waals surface area (Å²) in [5.74, 6) is 1.60. The second-order valence-electron chi connectivity index (χ2n) is 6.75. The van der Waals surface area contributed by atoms with Crippen LogP contribution in [-0.2, 0) is 20.2 Å². The monoisotopic (exact) mass is 345 g/mol. The molecule has 0 saturated carbocycles. The lowest BCUT2D eigenvalue weighted by atomic mass is 9.96. The Hall–Kier alpha value is -1.03. The lowest BCUT2D eigenvalue weighted by molar-refractivity contribution is -0.0333. The number of H-pyrrole nitrogens is 1. The van der Waals surface area contributed by atoms with Crippen LogP contribution in [0.15, 0.2) is 0 Å². The highest BCUT2D eigenvalue weighted by Crippen LogP contribution is 2.23. The van der Waals surface area contributed by atoms with Gasteiger partial charge in [-0.05, 0) is 6.92 Å². The molecular weight excluding hydrogens is 318 g/mol. The van der Waals surface area contributed by atoms with Crippen LogP contribution in [0, 0.1) is 0 Å². The van der Waals surface area contributed by atoms with Crippen LogP contribution in [-0.4, -0.2) is 67.0 Å². The van der Waals surface area contributed by atoms with Crippen molar-refractivity contribution in [2.75, 3.05) is 38.5 Å². The van der Waals surface area contributed by atoms with Gasteiger partial charge in [0.25, 0.3) is 0 Å². The van der Waals surface area contributed by atoms with E-state index in [0.717, 1.165) is 18.2 Å². The molecule has 0 unspecified atom stereocenters. The minimum atomic E-state index is -3.14. The van der Waals surface area contributed by atoms with Gasteiger partial charge in [0.05, 0.1) is 12.4 Å². The molecule has 0 radical (unpaired) electrons. The first-order chi connectivity index (χ1) is 10.7. The van der Waals surface area contributed by atoms with Crippen LogP contribution in [0.5, 0.6) is 0 Å². The molecule has 2 N–H and O–H groups in total. The maximum absolute atomic E-state index is 11.4. The lowest BCUT2D eigenvalue weighted by Gasteiger charge is -2.31. The maximum atomic E-state index is 11.4. The number of rotatable bonds is 6. The van der Waals surface area contributed by atoms with Gasteiger partial charge in [0.2, 0.25) is 10.0 Å². The van der Waals surface area contributed by atoms with Gasteiger partial charge >= 0.3 is 0 Å². The van der Waals surface area contributed by atoms with Crippen molar-refractivity contribution in [1.82, 2.24) is 24.8 Å².